The first-order valence-electron chi connectivity index (χ1n) is 6.32. The zero-order valence-corrected chi connectivity index (χ0v) is 12.0. The first kappa shape index (κ1) is 12.8. The fraction of sp³-hybridized carbons (Fsp3) is 0.214. The van der Waals surface area contributed by atoms with E-state index in [-0.39, 0.29) is 11.6 Å². The van der Waals surface area contributed by atoms with Crippen LogP contribution in [-0.2, 0) is 0 Å². The zero-order chi connectivity index (χ0) is 14.1. The van der Waals surface area contributed by atoms with Gasteiger partial charge in [-0.05, 0) is 19.4 Å². The van der Waals surface area contributed by atoms with E-state index in [9.17, 15) is 4.79 Å². The van der Waals surface area contributed by atoms with Crippen molar-refractivity contribution in [2.24, 2.45) is 0 Å². The highest BCUT2D eigenvalue weighted by molar-refractivity contribution is 7.20. The number of fused-ring (bicyclic) bond motifs is 1. The van der Waals surface area contributed by atoms with Crippen molar-refractivity contribution in [2.45, 2.75) is 19.9 Å². The van der Waals surface area contributed by atoms with Crippen molar-refractivity contribution in [3.63, 3.8) is 0 Å². The maximum Gasteiger partial charge on any atom is 0.275 e. The molecule has 0 aliphatic heterocycles. The Morgan fingerprint density at radius 2 is 2.05 bits per heavy atom. The van der Waals surface area contributed by atoms with E-state index in [0.29, 0.717) is 15.8 Å². The number of benzene rings is 1. The van der Waals surface area contributed by atoms with E-state index in [1.807, 2.05) is 18.2 Å². The SMILES string of the molecule is Cc1cc(=O)n2nc(N[C@@H](C)c3ccccc3)sc2n1. The number of aryl methyl sites for hydroxylation is 1. The first-order chi connectivity index (χ1) is 9.63. The molecule has 2 aromatic heterocycles. The van der Waals surface area contributed by atoms with E-state index in [4.69, 9.17) is 0 Å². The van der Waals surface area contributed by atoms with Gasteiger partial charge in [0.1, 0.15) is 0 Å². The van der Waals surface area contributed by atoms with Crippen LogP contribution in [0.5, 0.6) is 0 Å². The van der Waals surface area contributed by atoms with Gasteiger partial charge >= 0.3 is 0 Å². The number of aromatic nitrogens is 3. The summed E-state index contributed by atoms with van der Waals surface area (Å²) in [5.74, 6) is 0. The van der Waals surface area contributed by atoms with E-state index in [0.717, 1.165) is 0 Å². The highest BCUT2D eigenvalue weighted by Gasteiger charge is 2.10. The van der Waals surface area contributed by atoms with E-state index in [1.54, 1.807) is 6.92 Å². The molecular formula is C14H14N4OS. The summed E-state index contributed by atoms with van der Waals surface area (Å²) in [6, 6.07) is 11.7. The predicted molar refractivity (Wildman–Crippen MR) is 80.4 cm³/mol. The Kier molecular flexibility index (Phi) is 3.23. The number of nitrogens with one attached hydrogen (secondary N) is 1. The third-order valence-electron chi connectivity index (χ3n) is 3.01. The Morgan fingerprint density at radius 1 is 1.30 bits per heavy atom. The van der Waals surface area contributed by atoms with Crippen LogP contribution in [0.2, 0.25) is 0 Å². The largest absolute Gasteiger partial charge is 0.354 e. The van der Waals surface area contributed by atoms with Crippen LogP contribution in [0, 0.1) is 6.92 Å². The van der Waals surface area contributed by atoms with Crippen molar-refractivity contribution < 1.29 is 0 Å². The van der Waals surface area contributed by atoms with Gasteiger partial charge in [0.25, 0.3) is 5.56 Å². The quantitative estimate of drug-likeness (QED) is 0.804. The summed E-state index contributed by atoms with van der Waals surface area (Å²) in [5.41, 5.74) is 1.73. The van der Waals surface area contributed by atoms with Crippen molar-refractivity contribution in [3.05, 3.63) is 58.0 Å². The molecule has 0 bridgehead atoms. The van der Waals surface area contributed by atoms with Crippen LogP contribution >= 0.6 is 11.3 Å². The molecule has 0 amide bonds. The molecule has 0 unspecified atom stereocenters. The normalized spacial score (nSPS) is 12.5. The Labute approximate surface area is 119 Å². The van der Waals surface area contributed by atoms with Crippen LogP contribution in [0.15, 0.2) is 41.2 Å². The second-order valence-electron chi connectivity index (χ2n) is 4.61. The van der Waals surface area contributed by atoms with Crippen molar-refractivity contribution in [2.75, 3.05) is 5.32 Å². The van der Waals surface area contributed by atoms with Gasteiger partial charge in [-0.3, -0.25) is 4.79 Å². The molecule has 0 saturated carbocycles. The summed E-state index contributed by atoms with van der Waals surface area (Å²) < 4.78 is 1.33. The molecule has 0 radical (unpaired) electrons. The molecule has 0 aliphatic carbocycles. The van der Waals surface area contributed by atoms with Crippen LogP contribution in [0.25, 0.3) is 4.96 Å². The Bertz CT molecular complexity index is 794. The molecule has 1 N–H and O–H groups in total. The minimum absolute atomic E-state index is 0.119. The Hall–Kier alpha value is -2.21. The molecular weight excluding hydrogens is 272 g/mol. The van der Waals surface area contributed by atoms with Gasteiger partial charge in [0.2, 0.25) is 10.1 Å². The van der Waals surface area contributed by atoms with Crippen LogP contribution in [0.4, 0.5) is 5.13 Å². The van der Waals surface area contributed by atoms with Gasteiger partial charge in [0.05, 0.1) is 6.04 Å². The van der Waals surface area contributed by atoms with Gasteiger partial charge in [-0.1, -0.05) is 41.7 Å². The molecule has 0 fully saturated rings. The number of hydrogen-bond acceptors (Lipinski definition) is 5. The van der Waals surface area contributed by atoms with Crippen LogP contribution in [-0.4, -0.2) is 14.6 Å². The monoisotopic (exact) mass is 286 g/mol. The number of nitrogens with zero attached hydrogens (tertiary/aromatic N) is 3. The number of hydrogen-bond donors (Lipinski definition) is 1. The summed E-state index contributed by atoms with van der Waals surface area (Å²) in [4.78, 5) is 16.7. The van der Waals surface area contributed by atoms with Gasteiger partial charge in [-0.2, -0.15) is 4.52 Å². The molecule has 0 aliphatic rings. The molecule has 6 heteroatoms. The summed E-state index contributed by atoms with van der Waals surface area (Å²) >= 11 is 1.38. The molecule has 2 heterocycles. The lowest BCUT2D eigenvalue weighted by Crippen LogP contribution is -2.14. The lowest BCUT2D eigenvalue weighted by Gasteiger charge is -2.12. The molecule has 1 atom stereocenters. The maximum atomic E-state index is 11.8. The molecule has 0 saturated heterocycles. The average molecular weight is 286 g/mol. The van der Waals surface area contributed by atoms with E-state index < -0.39 is 0 Å². The third kappa shape index (κ3) is 2.42. The Morgan fingerprint density at radius 3 is 2.80 bits per heavy atom. The van der Waals surface area contributed by atoms with Gasteiger partial charge in [-0.25, -0.2) is 4.98 Å². The Balaban J connectivity index is 1.92. The van der Waals surface area contributed by atoms with Crippen molar-refractivity contribution in [3.8, 4) is 0 Å². The fourth-order valence-electron chi connectivity index (χ4n) is 1.99. The lowest BCUT2D eigenvalue weighted by molar-refractivity contribution is 0.845. The number of anilines is 1. The average Bonchev–Trinajstić information content (AvgIpc) is 2.82. The minimum atomic E-state index is -0.149. The second kappa shape index (κ2) is 5.05. The zero-order valence-electron chi connectivity index (χ0n) is 11.2. The lowest BCUT2D eigenvalue weighted by atomic mass is 10.1. The summed E-state index contributed by atoms with van der Waals surface area (Å²) in [7, 11) is 0. The van der Waals surface area contributed by atoms with Gasteiger partial charge < -0.3 is 5.32 Å². The fourth-order valence-corrected chi connectivity index (χ4v) is 2.93. The van der Waals surface area contributed by atoms with Crippen molar-refractivity contribution >= 4 is 21.4 Å². The minimum Gasteiger partial charge on any atom is -0.354 e. The molecule has 0 spiro atoms. The third-order valence-corrected chi connectivity index (χ3v) is 3.85. The first-order valence-corrected chi connectivity index (χ1v) is 7.14. The van der Waals surface area contributed by atoms with E-state index in [2.05, 4.69) is 34.5 Å². The molecule has 3 aromatic rings. The van der Waals surface area contributed by atoms with Gasteiger partial charge in [-0.15, -0.1) is 5.10 Å². The summed E-state index contributed by atoms with van der Waals surface area (Å²) in [6.07, 6.45) is 0. The van der Waals surface area contributed by atoms with E-state index in [1.165, 1.54) is 27.5 Å². The van der Waals surface area contributed by atoms with Crippen molar-refractivity contribution in [1.82, 2.24) is 14.6 Å². The van der Waals surface area contributed by atoms with Crippen LogP contribution < -0.4 is 10.9 Å². The smallest absolute Gasteiger partial charge is 0.275 e. The van der Waals surface area contributed by atoms with Gasteiger partial charge in [0.15, 0.2) is 0 Å². The molecule has 1 aromatic carbocycles. The van der Waals surface area contributed by atoms with Crippen LogP contribution in [0.3, 0.4) is 0 Å². The summed E-state index contributed by atoms with van der Waals surface area (Å²) in [5, 5.41) is 8.26. The maximum absolute atomic E-state index is 11.8. The molecule has 102 valence electrons. The highest BCUT2D eigenvalue weighted by atomic mass is 32.1. The molecule has 3 rings (SSSR count). The number of rotatable bonds is 3. The standard InChI is InChI=1S/C14H14N4OS/c1-9-8-12(19)18-14(15-9)20-13(17-18)16-10(2)11-6-4-3-5-7-11/h3-8,10H,1-2H3,(H,16,17)/t10-/m0/s1. The topological polar surface area (TPSA) is 59.3 Å². The predicted octanol–water partition coefficient (Wildman–Crippen LogP) is 2.63. The summed E-state index contributed by atoms with van der Waals surface area (Å²) in [6.45, 7) is 3.86. The van der Waals surface area contributed by atoms with Crippen molar-refractivity contribution in [1.29, 1.82) is 0 Å². The molecule has 5 nitrogen and oxygen atoms in total. The highest BCUT2D eigenvalue weighted by Crippen LogP contribution is 2.22. The van der Waals surface area contributed by atoms with E-state index >= 15 is 0 Å². The van der Waals surface area contributed by atoms with Gasteiger partial charge in [0, 0.05) is 11.8 Å². The molecule has 20 heavy (non-hydrogen) atoms. The second-order valence-corrected chi connectivity index (χ2v) is 5.57. The van der Waals surface area contributed by atoms with Crippen LogP contribution in [0.1, 0.15) is 24.2 Å².